The second-order valence-corrected chi connectivity index (χ2v) is 4.07. The van der Waals surface area contributed by atoms with Gasteiger partial charge in [-0.05, 0) is 25.1 Å². The standard InChI is InChI=1S/C13H12F2N2O2/c1-8-6-12(17(2)16-8)13(18)19-7-9-10(14)4-3-5-11(9)15/h3-6H,7H2,1-2H3. The average molecular weight is 266 g/mol. The van der Waals surface area contributed by atoms with Crippen molar-refractivity contribution in [3.8, 4) is 0 Å². The SMILES string of the molecule is Cc1cc(C(=O)OCc2c(F)cccc2F)n(C)n1. The summed E-state index contributed by atoms with van der Waals surface area (Å²) in [5.41, 5.74) is 0.621. The Morgan fingerprint density at radius 2 is 2.00 bits per heavy atom. The minimum absolute atomic E-state index is 0.231. The molecule has 6 heteroatoms. The predicted octanol–water partition coefficient (Wildman–Crippen LogP) is 2.36. The van der Waals surface area contributed by atoms with Crippen LogP contribution in [0.5, 0.6) is 0 Å². The van der Waals surface area contributed by atoms with Crippen molar-refractivity contribution in [2.75, 3.05) is 0 Å². The van der Waals surface area contributed by atoms with Crippen LogP contribution in [0.4, 0.5) is 8.78 Å². The van der Waals surface area contributed by atoms with Crippen molar-refractivity contribution >= 4 is 5.97 Å². The molecule has 0 fully saturated rings. The van der Waals surface area contributed by atoms with Crippen molar-refractivity contribution in [2.45, 2.75) is 13.5 Å². The quantitative estimate of drug-likeness (QED) is 0.801. The summed E-state index contributed by atoms with van der Waals surface area (Å²) in [5.74, 6) is -2.16. The number of aryl methyl sites for hydroxylation is 2. The van der Waals surface area contributed by atoms with Crippen LogP contribution in [0, 0.1) is 18.6 Å². The lowest BCUT2D eigenvalue weighted by atomic mass is 10.2. The molecule has 1 heterocycles. The second-order valence-electron chi connectivity index (χ2n) is 4.07. The minimum Gasteiger partial charge on any atom is -0.456 e. The van der Waals surface area contributed by atoms with Gasteiger partial charge in [0.2, 0.25) is 0 Å². The molecular weight excluding hydrogens is 254 g/mol. The maximum Gasteiger partial charge on any atom is 0.356 e. The molecule has 1 aromatic heterocycles. The van der Waals surface area contributed by atoms with E-state index in [-0.39, 0.29) is 11.3 Å². The fraction of sp³-hybridized carbons (Fsp3) is 0.231. The van der Waals surface area contributed by atoms with E-state index in [1.165, 1.54) is 10.7 Å². The first-order valence-electron chi connectivity index (χ1n) is 5.59. The number of aromatic nitrogens is 2. The Morgan fingerprint density at radius 3 is 2.53 bits per heavy atom. The first-order valence-corrected chi connectivity index (χ1v) is 5.59. The number of esters is 1. The molecule has 0 atom stereocenters. The van der Waals surface area contributed by atoms with E-state index in [0.717, 1.165) is 12.1 Å². The summed E-state index contributed by atoms with van der Waals surface area (Å²) in [6, 6.07) is 5.02. The first kappa shape index (κ1) is 13.2. The molecule has 100 valence electrons. The largest absolute Gasteiger partial charge is 0.456 e. The molecule has 1 aromatic carbocycles. The molecule has 0 aliphatic heterocycles. The second kappa shape index (κ2) is 5.17. The Labute approximate surface area is 108 Å². The zero-order chi connectivity index (χ0) is 14.0. The van der Waals surface area contributed by atoms with Crippen molar-refractivity contribution in [1.29, 1.82) is 0 Å². The Balaban J connectivity index is 2.11. The van der Waals surface area contributed by atoms with E-state index in [4.69, 9.17) is 4.74 Å². The number of benzene rings is 1. The summed E-state index contributed by atoms with van der Waals surface area (Å²) in [7, 11) is 1.59. The molecule has 2 rings (SSSR count). The number of hydrogen-bond donors (Lipinski definition) is 0. The van der Waals surface area contributed by atoms with Gasteiger partial charge in [-0.2, -0.15) is 5.10 Å². The van der Waals surface area contributed by atoms with Crippen LogP contribution < -0.4 is 0 Å². The number of rotatable bonds is 3. The van der Waals surface area contributed by atoms with E-state index in [2.05, 4.69) is 5.10 Å². The molecule has 0 unspecified atom stereocenters. The van der Waals surface area contributed by atoms with Gasteiger partial charge >= 0.3 is 5.97 Å². The highest BCUT2D eigenvalue weighted by atomic mass is 19.1. The number of nitrogens with zero attached hydrogens (tertiary/aromatic N) is 2. The van der Waals surface area contributed by atoms with Gasteiger partial charge < -0.3 is 4.74 Å². The van der Waals surface area contributed by atoms with E-state index in [0.29, 0.717) is 5.69 Å². The van der Waals surface area contributed by atoms with Gasteiger partial charge in [-0.3, -0.25) is 4.68 Å². The molecule has 0 aliphatic rings. The Hall–Kier alpha value is -2.24. The molecule has 0 spiro atoms. The van der Waals surface area contributed by atoms with E-state index in [9.17, 15) is 13.6 Å². The van der Waals surface area contributed by atoms with Gasteiger partial charge in [0.1, 0.15) is 23.9 Å². The summed E-state index contributed by atoms with van der Waals surface area (Å²) < 4.78 is 32.9. The fourth-order valence-corrected chi connectivity index (χ4v) is 1.68. The number of ether oxygens (including phenoxy) is 1. The van der Waals surface area contributed by atoms with Crippen molar-refractivity contribution in [3.05, 3.63) is 52.9 Å². The van der Waals surface area contributed by atoms with Gasteiger partial charge in [0.05, 0.1) is 11.3 Å². The first-order chi connectivity index (χ1) is 8.99. The lowest BCUT2D eigenvalue weighted by molar-refractivity contribution is 0.0452. The zero-order valence-electron chi connectivity index (χ0n) is 10.5. The molecule has 4 nitrogen and oxygen atoms in total. The third-order valence-corrected chi connectivity index (χ3v) is 2.62. The van der Waals surface area contributed by atoms with E-state index >= 15 is 0 Å². The van der Waals surface area contributed by atoms with E-state index in [1.54, 1.807) is 20.0 Å². The molecule has 0 amide bonds. The summed E-state index contributed by atoms with van der Waals surface area (Å²) in [6.45, 7) is 1.27. The Morgan fingerprint density at radius 1 is 1.37 bits per heavy atom. The van der Waals surface area contributed by atoms with E-state index < -0.39 is 24.2 Å². The molecule has 0 radical (unpaired) electrons. The molecule has 0 saturated carbocycles. The summed E-state index contributed by atoms with van der Waals surface area (Å²) in [6.07, 6.45) is 0. The predicted molar refractivity (Wildman–Crippen MR) is 63.4 cm³/mol. The van der Waals surface area contributed by atoms with Gasteiger partial charge in [0.15, 0.2) is 0 Å². The van der Waals surface area contributed by atoms with E-state index in [1.807, 2.05) is 0 Å². The van der Waals surface area contributed by atoms with Gasteiger partial charge in [-0.25, -0.2) is 13.6 Å². The van der Waals surface area contributed by atoms with Crippen LogP contribution in [0.2, 0.25) is 0 Å². The topological polar surface area (TPSA) is 44.1 Å². The van der Waals surface area contributed by atoms with Crippen molar-refractivity contribution < 1.29 is 18.3 Å². The summed E-state index contributed by atoms with van der Waals surface area (Å²) >= 11 is 0. The highest BCUT2D eigenvalue weighted by Crippen LogP contribution is 2.14. The zero-order valence-corrected chi connectivity index (χ0v) is 10.5. The summed E-state index contributed by atoms with van der Waals surface area (Å²) in [5, 5.41) is 3.99. The molecule has 0 bridgehead atoms. The van der Waals surface area contributed by atoms with Gasteiger partial charge in [0, 0.05) is 7.05 Å². The number of halogens is 2. The molecular formula is C13H12F2N2O2. The van der Waals surface area contributed by atoms with Gasteiger partial charge in [-0.1, -0.05) is 6.07 Å². The lowest BCUT2D eigenvalue weighted by Crippen LogP contribution is -2.11. The highest BCUT2D eigenvalue weighted by molar-refractivity contribution is 5.87. The van der Waals surface area contributed by atoms with Crippen molar-refractivity contribution in [1.82, 2.24) is 9.78 Å². The third-order valence-electron chi connectivity index (χ3n) is 2.62. The van der Waals surface area contributed by atoms with Gasteiger partial charge in [0.25, 0.3) is 0 Å². The monoisotopic (exact) mass is 266 g/mol. The molecule has 0 N–H and O–H groups in total. The van der Waals surface area contributed by atoms with Gasteiger partial charge in [-0.15, -0.1) is 0 Å². The third kappa shape index (κ3) is 2.78. The van der Waals surface area contributed by atoms with Crippen molar-refractivity contribution in [2.24, 2.45) is 7.05 Å². The van der Waals surface area contributed by atoms with Crippen LogP contribution in [-0.4, -0.2) is 15.7 Å². The van der Waals surface area contributed by atoms with Crippen LogP contribution in [0.1, 0.15) is 21.7 Å². The Kier molecular flexibility index (Phi) is 3.59. The van der Waals surface area contributed by atoms with Crippen molar-refractivity contribution in [3.63, 3.8) is 0 Å². The molecule has 0 saturated heterocycles. The normalized spacial score (nSPS) is 10.5. The molecule has 2 aromatic rings. The van der Waals surface area contributed by atoms with Crippen LogP contribution in [0.15, 0.2) is 24.3 Å². The summed E-state index contributed by atoms with van der Waals surface area (Å²) in [4.78, 5) is 11.7. The maximum atomic E-state index is 13.3. The number of hydrogen-bond acceptors (Lipinski definition) is 3. The van der Waals surface area contributed by atoms with Crippen LogP contribution in [-0.2, 0) is 18.4 Å². The van der Waals surface area contributed by atoms with Crippen LogP contribution in [0.3, 0.4) is 0 Å². The minimum atomic E-state index is -0.742. The van der Waals surface area contributed by atoms with Crippen LogP contribution >= 0.6 is 0 Å². The lowest BCUT2D eigenvalue weighted by Gasteiger charge is -2.06. The maximum absolute atomic E-state index is 13.3. The number of carbonyl (C=O) groups is 1. The molecule has 0 aliphatic carbocycles. The average Bonchev–Trinajstić information content (AvgIpc) is 2.67. The smallest absolute Gasteiger partial charge is 0.356 e. The fourth-order valence-electron chi connectivity index (χ4n) is 1.68. The highest BCUT2D eigenvalue weighted by Gasteiger charge is 2.16. The molecule has 19 heavy (non-hydrogen) atoms. The Bertz CT molecular complexity index is 603. The number of carbonyl (C=O) groups excluding carboxylic acids is 1. The van der Waals surface area contributed by atoms with Crippen LogP contribution in [0.25, 0.3) is 0 Å².